The lowest BCUT2D eigenvalue weighted by atomic mass is 10.0. The highest BCUT2D eigenvalue weighted by Gasteiger charge is 2.27. The van der Waals surface area contributed by atoms with Crippen molar-refractivity contribution in [2.45, 2.75) is 38.4 Å². The lowest BCUT2D eigenvalue weighted by Crippen LogP contribution is -2.26. The van der Waals surface area contributed by atoms with Gasteiger partial charge in [0, 0.05) is 43.2 Å². The van der Waals surface area contributed by atoms with E-state index < -0.39 is 12.6 Å². The van der Waals surface area contributed by atoms with Crippen LogP contribution in [0.4, 0.5) is 19.0 Å². The fourth-order valence-corrected chi connectivity index (χ4v) is 4.06. The van der Waals surface area contributed by atoms with Crippen LogP contribution >= 0.6 is 0 Å². The quantitative estimate of drug-likeness (QED) is 0.390. The van der Waals surface area contributed by atoms with Crippen LogP contribution in [-0.4, -0.2) is 43.6 Å². The number of nitrogens with zero attached hydrogens (tertiary/aromatic N) is 4. The molecule has 35 heavy (non-hydrogen) atoms. The van der Waals surface area contributed by atoms with E-state index in [1.54, 1.807) is 12.3 Å². The molecular weight excluding hydrogens is 457 g/mol. The summed E-state index contributed by atoms with van der Waals surface area (Å²) >= 11 is 0. The molecule has 0 radical (unpaired) electrons. The first-order valence-electron chi connectivity index (χ1n) is 11.4. The summed E-state index contributed by atoms with van der Waals surface area (Å²) in [5, 5.41) is 5.82. The van der Waals surface area contributed by atoms with Gasteiger partial charge in [-0.1, -0.05) is 6.07 Å². The second-order valence-electron chi connectivity index (χ2n) is 8.89. The highest BCUT2D eigenvalue weighted by atomic mass is 19.4. The normalized spacial score (nSPS) is 13.9. The van der Waals surface area contributed by atoms with Crippen molar-refractivity contribution in [3.8, 4) is 22.6 Å². The van der Waals surface area contributed by atoms with E-state index in [2.05, 4.69) is 20.6 Å². The minimum absolute atomic E-state index is 0.0824. The monoisotopic (exact) mass is 482 g/mol. The smallest absolute Gasteiger partial charge is 0.367 e. The molecular formula is C25H25F3N6O. The van der Waals surface area contributed by atoms with Gasteiger partial charge in [0.2, 0.25) is 0 Å². The standard InChI is InChI=1S/C25H25F3N6O/c1-15-12-16(5-8-18(15)24(35)31-17-6-7-17)21-13-30-23-22(29-10-9-25(26,27)28)32-19(14-34(21)23)20-4-3-11-33(20)2/h3-5,8,11-14,17H,6-7,9-10H2,1-2H3,(H,29,32)(H,31,35). The molecule has 0 aliphatic heterocycles. The molecule has 0 saturated heterocycles. The summed E-state index contributed by atoms with van der Waals surface area (Å²) in [5.74, 6) is 0.192. The fourth-order valence-electron chi connectivity index (χ4n) is 4.06. The molecule has 7 nitrogen and oxygen atoms in total. The average molecular weight is 483 g/mol. The lowest BCUT2D eigenvalue weighted by molar-refractivity contribution is -0.131. The first-order chi connectivity index (χ1) is 16.7. The fraction of sp³-hybridized carbons (Fsp3) is 0.320. The number of aromatic nitrogens is 4. The number of rotatable bonds is 7. The van der Waals surface area contributed by atoms with Gasteiger partial charge in [0.15, 0.2) is 11.5 Å². The summed E-state index contributed by atoms with van der Waals surface area (Å²) in [4.78, 5) is 21.6. The Bertz CT molecular complexity index is 1400. The van der Waals surface area contributed by atoms with Crippen LogP contribution in [0.15, 0.2) is 48.9 Å². The number of anilines is 1. The van der Waals surface area contributed by atoms with E-state index in [0.717, 1.165) is 35.4 Å². The van der Waals surface area contributed by atoms with E-state index in [4.69, 9.17) is 0 Å². The third kappa shape index (κ3) is 4.87. The maximum atomic E-state index is 12.7. The molecule has 3 aromatic heterocycles. The van der Waals surface area contributed by atoms with Crippen LogP contribution in [0.25, 0.3) is 28.3 Å². The number of amides is 1. The van der Waals surface area contributed by atoms with Gasteiger partial charge in [-0.3, -0.25) is 9.20 Å². The number of imidazole rings is 1. The third-order valence-corrected chi connectivity index (χ3v) is 6.08. The predicted octanol–water partition coefficient (Wildman–Crippen LogP) is 4.97. The van der Waals surface area contributed by atoms with Crippen LogP contribution in [0.3, 0.4) is 0 Å². The minimum Gasteiger partial charge on any atom is -0.367 e. The molecule has 182 valence electrons. The second kappa shape index (κ2) is 8.75. The van der Waals surface area contributed by atoms with Gasteiger partial charge in [0.25, 0.3) is 5.91 Å². The Morgan fingerprint density at radius 2 is 2.00 bits per heavy atom. The van der Waals surface area contributed by atoms with E-state index in [0.29, 0.717) is 16.9 Å². The third-order valence-electron chi connectivity index (χ3n) is 6.08. The van der Waals surface area contributed by atoms with E-state index in [9.17, 15) is 18.0 Å². The summed E-state index contributed by atoms with van der Waals surface area (Å²) in [6.45, 7) is 1.57. The Kier molecular flexibility index (Phi) is 5.74. The highest BCUT2D eigenvalue weighted by molar-refractivity contribution is 5.96. The number of benzene rings is 1. The van der Waals surface area contributed by atoms with Gasteiger partial charge < -0.3 is 15.2 Å². The summed E-state index contributed by atoms with van der Waals surface area (Å²) in [6, 6.07) is 9.61. The molecule has 10 heteroatoms. The summed E-state index contributed by atoms with van der Waals surface area (Å²) in [5.41, 5.74) is 4.86. The van der Waals surface area contributed by atoms with Crippen molar-refractivity contribution < 1.29 is 18.0 Å². The summed E-state index contributed by atoms with van der Waals surface area (Å²) in [7, 11) is 1.88. The van der Waals surface area contributed by atoms with Crippen LogP contribution in [0, 0.1) is 6.92 Å². The van der Waals surface area contributed by atoms with Crippen LogP contribution in [0.2, 0.25) is 0 Å². The predicted molar refractivity (Wildman–Crippen MR) is 127 cm³/mol. The van der Waals surface area contributed by atoms with Gasteiger partial charge in [-0.15, -0.1) is 0 Å². The Balaban J connectivity index is 1.55. The SMILES string of the molecule is Cc1cc(-c2cnc3c(NCCC(F)(F)F)nc(-c4cccn4C)cn23)ccc1C(=O)NC1CC1. The lowest BCUT2D eigenvalue weighted by Gasteiger charge is -2.13. The molecule has 1 fully saturated rings. The van der Waals surface area contributed by atoms with Crippen molar-refractivity contribution in [2.75, 3.05) is 11.9 Å². The van der Waals surface area contributed by atoms with Gasteiger partial charge in [0.1, 0.15) is 5.69 Å². The number of hydrogen-bond acceptors (Lipinski definition) is 4. The van der Waals surface area contributed by atoms with Crippen molar-refractivity contribution in [2.24, 2.45) is 7.05 Å². The zero-order valence-electron chi connectivity index (χ0n) is 19.4. The topological polar surface area (TPSA) is 76.2 Å². The molecule has 1 aliphatic rings. The second-order valence-corrected chi connectivity index (χ2v) is 8.89. The number of hydrogen-bond donors (Lipinski definition) is 2. The molecule has 1 aromatic carbocycles. The van der Waals surface area contributed by atoms with Gasteiger partial charge >= 0.3 is 6.18 Å². The molecule has 1 saturated carbocycles. The molecule has 0 unspecified atom stereocenters. The Morgan fingerprint density at radius 3 is 2.66 bits per heavy atom. The first kappa shape index (κ1) is 22.9. The molecule has 4 aromatic rings. The van der Waals surface area contributed by atoms with Gasteiger partial charge in [-0.2, -0.15) is 13.2 Å². The molecule has 0 atom stereocenters. The van der Waals surface area contributed by atoms with Crippen LogP contribution in [-0.2, 0) is 7.05 Å². The molecule has 5 rings (SSSR count). The Hall–Kier alpha value is -3.82. The van der Waals surface area contributed by atoms with E-state index in [-0.39, 0.29) is 24.3 Å². The van der Waals surface area contributed by atoms with Crippen LogP contribution in [0.5, 0.6) is 0 Å². The maximum absolute atomic E-state index is 12.7. The van der Waals surface area contributed by atoms with E-state index in [1.165, 1.54) is 0 Å². The molecule has 0 bridgehead atoms. The number of carbonyl (C=O) groups excluding carboxylic acids is 1. The van der Waals surface area contributed by atoms with Crippen LogP contribution in [0.1, 0.15) is 35.2 Å². The summed E-state index contributed by atoms with van der Waals surface area (Å²) in [6.07, 6.45) is 2.14. The maximum Gasteiger partial charge on any atom is 0.390 e. The van der Waals surface area contributed by atoms with Crippen molar-refractivity contribution in [3.63, 3.8) is 0 Å². The summed E-state index contributed by atoms with van der Waals surface area (Å²) < 4.78 is 41.9. The number of carbonyl (C=O) groups is 1. The van der Waals surface area contributed by atoms with Crippen molar-refractivity contribution in [1.82, 2.24) is 24.3 Å². The van der Waals surface area contributed by atoms with Gasteiger partial charge in [-0.25, -0.2) is 9.97 Å². The molecule has 3 heterocycles. The van der Waals surface area contributed by atoms with Gasteiger partial charge in [-0.05, 0) is 49.6 Å². The zero-order valence-corrected chi connectivity index (χ0v) is 19.4. The minimum atomic E-state index is -4.27. The van der Waals surface area contributed by atoms with Crippen molar-refractivity contribution in [3.05, 3.63) is 60.0 Å². The Labute approximate surface area is 200 Å². The van der Waals surface area contributed by atoms with Crippen molar-refractivity contribution >= 4 is 17.4 Å². The number of fused-ring (bicyclic) bond motifs is 1. The van der Waals surface area contributed by atoms with E-state index in [1.807, 2.05) is 59.6 Å². The molecule has 1 aliphatic carbocycles. The van der Waals surface area contributed by atoms with Crippen LogP contribution < -0.4 is 10.6 Å². The van der Waals surface area contributed by atoms with E-state index >= 15 is 0 Å². The average Bonchev–Trinajstić information content (AvgIpc) is 3.33. The first-order valence-corrected chi connectivity index (χ1v) is 11.4. The molecule has 1 amide bonds. The van der Waals surface area contributed by atoms with Gasteiger partial charge in [0.05, 0.1) is 24.0 Å². The number of alkyl halides is 3. The number of nitrogens with one attached hydrogen (secondary N) is 2. The highest BCUT2D eigenvalue weighted by Crippen LogP contribution is 2.30. The number of aryl methyl sites for hydroxylation is 2. The van der Waals surface area contributed by atoms with Crippen molar-refractivity contribution in [1.29, 1.82) is 0 Å². The Morgan fingerprint density at radius 1 is 1.20 bits per heavy atom. The zero-order chi connectivity index (χ0) is 24.7. The molecule has 0 spiro atoms. The number of halogens is 3. The largest absolute Gasteiger partial charge is 0.390 e. The molecule has 2 N–H and O–H groups in total.